The minimum atomic E-state index is -0.416. The van der Waals surface area contributed by atoms with Crippen molar-refractivity contribution in [2.75, 3.05) is 26.2 Å². The van der Waals surface area contributed by atoms with E-state index in [2.05, 4.69) is 10.2 Å². The molecule has 2 aliphatic rings. The normalized spacial score (nSPS) is 20.8. The van der Waals surface area contributed by atoms with Gasteiger partial charge in [0.1, 0.15) is 11.3 Å². The third-order valence-electron chi connectivity index (χ3n) is 6.96. The van der Waals surface area contributed by atoms with Crippen LogP contribution in [0.15, 0.2) is 63.8 Å². The van der Waals surface area contributed by atoms with Gasteiger partial charge in [-0.25, -0.2) is 4.79 Å². The Hall–Kier alpha value is -3.12. The Morgan fingerprint density at radius 3 is 2.76 bits per heavy atom. The van der Waals surface area contributed by atoms with E-state index < -0.39 is 5.63 Å². The first-order valence-corrected chi connectivity index (χ1v) is 11.9. The monoisotopic (exact) mass is 446 g/mol. The summed E-state index contributed by atoms with van der Waals surface area (Å²) in [6.07, 6.45) is 6.21. The van der Waals surface area contributed by atoms with Crippen LogP contribution in [0.4, 0.5) is 0 Å². The lowest BCUT2D eigenvalue weighted by atomic mass is 9.83. The molecule has 1 N–H and O–H groups in total. The molecule has 6 heteroatoms. The number of hydrogen-bond acceptors (Lipinski definition) is 5. The van der Waals surface area contributed by atoms with Gasteiger partial charge in [0, 0.05) is 30.1 Å². The van der Waals surface area contributed by atoms with Crippen molar-refractivity contribution in [2.45, 2.75) is 38.1 Å². The number of fused-ring (bicyclic) bond motifs is 2. The number of carbonyl (C=O) groups excluding carboxylic acids is 1. The van der Waals surface area contributed by atoms with Crippen molar-refractivity contribution < 1.29 is 13.9 Å². The summed E-state index contributed by atoms with van der Waals surface area (Å²) in [5, 5.41) is 3.89. The van der Waals surface area contributed by atoms with Crippen molar-refractivity contribution in [1.29, 1.82) is 0 Å². The first kappa shape index (κ1) is 21.7. The van der Waals surface area contributed by atoms with Gasteiger partial charge in [-0.3, -0.25) is 4.79 Å². The Kier molecular flexibility index (Phi) is 6.44. The molecule has 0 radical (unpaired) electrons. The molecule has 2 atom stereocenters. The molecule has 2 aliphatic heterocycles. The number of nitrogens with one attached hydrogen (secondary N) is 1. The van der Waals surface area contributed by atoms with Crippen LogP contribution in [-0.2, 0) is 4.79 Å². The van der Waals surface area contributed by atoms with Crippen LogP contribution in [-0.4, -0.2) is 43.1 Å². The minimum absolute atomic E-state index is 0.0603. The number of benzene rings is 2. The van der Waals surface area contributed by atoms with Crippen molar-refractivity contribution >= 4 is 16.9 Å². The largest absolute Gasteiger partial charge is 0.484 e. The standard InChI is InChI=1S/C27H30N2O4/c30-26(28-17-20-9-6-14-29-13-5-4-10-24(20)29)18-32-21-11-12-22-23(19-7-2-1-3-8-19)16-27(31)33-25(22)15-21/h1-3,7-8,11-12,15-16,20,24H,4-6,9-10,13-14,17-18H2,(H,28,30)/t20-,24+/m0/s1. The van der Waals surface area contributed by atoms with Gasteiger partial charge >= 0.3 is 5.63 Å². The molecule has 2 aromatic carbocycles. The second-order valence-corrected chi connectivity index (χ2v) is 9.10. The van der Waals surface area contributed by atoms with Gasteiger partial charge in [-0.05, 0) is 68.0 Å². The third kappa shape index (κ3) is 4.96. The average Bonchev–Trinajstić information content (AvgIpc) is 2.86. The van der Waals surface area contributed by atoms with E-state index in [-0.39, 0.29) is 12.5 Å². The molecule has 0 bridgehead atoms. The highest BCUT2D eigenvalue weighted by Crippen LogP contribution is 2.31. The topological polar surface area (TPSA) is 71.8 Å². The van der Waals surface area contributed by atoms with E-state index in [1.807, 2.05) is 42.5 Å². The van der Waals surface area contributed by atoms with E-state index in [9.17, 15) is 9.59 Å². The van der Waals surface area contributed by atoms with Gasteiger partial charge < -0.3 is 19.4 Å². The van der Waals surface area contributed by atoms with Crippen LogP contribution in [0.3, 0.4) is 0 Å². The minimum Gasteiger partial charge on any atom is -0.484 e. The summed E-state index contributed by atoms with van der Waals surface area (Å²) in [4.78, 5) is 27.2. The van der Waals surface area contributed by atoms with Crippen molar-refractivity contribution in [1.82, 2.24) is 10.2 Å². The molecule has 3 heterocycles. The molecule has 33 heavy (non-hydrogen) atoms. The second-order valence-electron chi connectivity index (χ2n) is 9.10. The molecule has 172 valence electrons. The van der Waals surface area contributed by atoms with Crippen molar-refractivity contribution in [3.05, 3.63) is 65.0 Å². The van der Waals surface area contributed by atoms with Crippen LogP contribution in [0.25, 0.3) is 22.1 Å². The Morgan fingerprint density at radius 1 is 1.03 bits per heavy atom. The predicted octanol–water partition coefficient (Wildman–Crippen LogP) is 4.22. The van der Waals surface area contributed by atoms with E-state index >= 15 is 0 Å². The lowest BCUT2D eigenvalue weighted by molar-refractivity contribution is -0.123. The number of carbonyl (C=O) groups is 1. The number of rotatable bonds is 6. The zero-order chi connectivity index (χ0) is 22.6. The summed E-state index contributed by atoms with van der Waals surface area (Å²) in [7, 11) is 0. The molecule has 3 aromatic rings. The summed E-state index contributed by atoms with van der Waals surface area (Å²) >= 11 is 0. The van der Waals surface area contributed by atoms with Crippen LogP contribution in [0.1, 0.15) is 32.1 Å². The molecular weight excluding hydrogens is 416 g/mol. The molecular formula is C27H30N2O4. The summed E-state index contributed by atoms with van der Waals surface area (Å²) in [5.41, 5.74) is 1.79. The molecule has 5 rings (SSSR count). The van der Waals surface area contributed by atoms with Crippen LogP contribution in [0, 0.1) is 5.92 Å². The van der Waals surface area contributed by atoms with E-state index in [4.69, 9.17) is 9.15 Å². The molecule has 1 aromatic heterocycles. The molecule has 2 fully saturated rings. The highest BCUT2D eigenvalue weighted by atomic mass is 16.5. The quantitative estimate of drug-likeness (QED) is 0.574. The van der Waals surface area contributed by atoms with Gasteiger partial charge in [0.05, 0.1) is 0 Å². The lowest BCUT2D eigenvalue weighted by Gasteiger charge is -2.44. The second kappa shape index (κ2) is 9.79. The number of ether oxygens (including phenoxy) is 1. The van der Waals surface area contributed by atoms with Crippen LogP contribution in [0.2, 0.25) is 0 Å². The molecule has 6 nitrogen and oxygen atoms in total. The fourth-order valence-electron chi connectivity index (χ4n) is 5.35. The average molecular weight is 447 g/mol. The Bertz CT molecular complexity index is 1170. The fraction of sp³-hybridized carbons (Fsp3) is 0.407. The van der Waals surface area contributed by atoms with E-state index in [0.29, 0.717) is 29.8 Å². The summed E-state index contributed by atoms with van der Waals surface area (Å²) in [5.74, 6) is 0.902. The summed E-state index contributed by atoms with van der Waals surface area (Å²) < 4.78 is 11.1. The first-order chi connectivity index (χ1) is 16.2. The zero-order valence-electron chi connectivity index (χ0n) is 18.8. The van der Waals surface area contributed by atoms with Gasteiger partial charge in [-0.1, -0.05) is 36.8 Å². The van der Waals surface area contributed by atoms with Crippen LogP contribution in [0.5, 0.6) is 5.75 Å². The summed E-state index contributed by atoms with van der Waals surface area (Å²) in [6.45, 7) is 3.04. The molecule has 0 saturated carbocycles. The highest BCUT2D eigenvalue weighted by Gasteiger charge is 2.32. The maximum absolute atomic E-state index is 12.5. The van der Waals surface area contributed by atoms with Crippen LogP contribution < -0.4 is 15.7 Å². The van der Waals surface area contributed by atoms with E-state index in [0.717, 1.165) is 16.5 Å². The molecule has 0 unspecified atom stereocenters. The number of nitrogens with zero attached hydrogens (tertiary/aromatic N) is 1. The van der Waals surface area contributed by atoms with Crippen molar-refractivity contribution in [3.8, 4) is 16.9 Å². The summed E-state index contributed by atoms with van der Waals surface area (Å²) in [6, 6.07) is 17.2. The van der Waals surface area contributed by atoms with Gasteiger partial charge in [0.25, 0.3) is 5.91 Å². The number of amides is 1. The molecule has 0 aliphatic carbocycles. The van der Waals surface area contributed by atoms with Gasteiger partial charge in [-0.15, -0.1) is 0 Å². The number of piperidine rings is 2. The molecule has 2 saturated heterocycles. The predicted molar refractivity (Wildman–Crippen MR) is 128 cm³/mol. The maximum Gasteiger partial charge on any atom is 0.336 e. The highest BCUT2D eigenvalue weighted by molar-refractivity contribution is 5.93. The fourth-order valence-corrected chi connectivity index (χ4v) is 5.35. The number of hydrogen-bond donors (Lipinski definition) is 1. The zero-order valence-corrected chi connectivity index (χ0v) is 18.8. The van der Waals surface area contributed by atoms with Gasteiger partial charge in [0.15, 0.2) is 6.61 Å². The molecule has 1 amide bonds. The van der Waals surface area contributed by atoms with E-state index in [1.165, 1.54) is 51.3 Å². The van der Waals surface area contributed by atoms with Gasteiger partial charge in [-0.2, -0.15) is 0 Å². The Labute approximate surface area is 193 Å². The Balaban J connectivity index is 1.22. The van der Waals surface area contributed by atoms with Gasteiger partial charge in [0.2, 0.25) is 0 Å². The first-order valence-electron chi connectivity index (χ1n) is 11.9. The van der Waals surface area contributed by atoms with Crippen LogP contribution >= 0.6 is 0 Å². The lowest BCUT2D eigenvalue weighted by Crippen LogP contribution is -2.51. The smallest absolute Gasteiger partial charge is 0.336 e. The van der Waals surface area contributed by atoms with Crippen molar-refractivity contribution in [3.63, 3.8) is 0 Å². The SMILES string of the molecule is O=C(COc1ccc2c(-c3ccccc3)cc(=O)oc2c1)NC[C@@H]1CCCN2CCCC[C@H]12. The molecule has 0 spiro atoms. The van der Waals surface area contributed by atoms with E-state index in [1.54, 1.807) is 6.07 Å². The maximum atomic E-state index is 12.5. The van der Waals surface area contributed by atoms with Crippen molar-refractivity contribution in [2.24, 2.45) is 5.92 Å². The Morgan fingerprint density at radius 2 is 1.88 bits per heavy atom. The third-order valence-corrected chi connectivity index (χ3v) is 6.96.